The lowest BCUT2D eigenvalue weighted by Crippen LogP contribution is -2.46. The number of piperidine rings is 1. The van der Waals surface area contributed by atoms with Crippen molar-refractivity contribution < 1.29 is 4.52 Å². The standard InChI is InChI=1S/C14H24N4O/c1-10-17-14(19-18-10)9-16-13-7-4-5-11(13)12-6-2-3-8-15-12/h11-13,15-16H,2-9H2,1H3. The van der Waals surface area contributed by atoms with Crippen LogP contribution in [0.15, 0.2) is 4.52 Å². The van der Waals surface area contributed by atoms with Gasteiger partial charge in [-0.1, -0.05) is 18.0 Å². The molecule has 0 bridgehead atoms. The van der Waals surface area contributed by atoms with E-state index in [4.69, 9.17) is 4.52 Å². The molecule has 5 heteroatoms. The average Bonchev–Trinajstić information content (AvgIpc) is 3.06. The van der Waals surface area contributed by atoms with E-state index in [-0.39, 0.29) is 0 Å². The summed E-state index contributed by atoms with van der Waals surface area (Å²) in [4.78, 5) is 4.25. The average molecular weight is 264 g/mol. The van der Waals surface area contributed by atoms with Crippen LogP contribution in [0, 0.1) is 12.8 Å². The number of aromatic nitrogens is 2. The van der Waals surface area contributed by atoms with Crippen molar-refractivity contribution in [2.45, 2.75) is 64.1 Å². The van der Waals surface area contributed by atoms with E-state index in [0.29, 0.717) is 30.3 Å². The molecule has 1 aromatic heterocycles. The van der Waals surface area contributed by atoms with Crippen LogP contribution in [0.2, 0.25) is 0 Å². The van der Waals surface area contributed by atoms with Crippen molar-refractivity contribution in [3.05, 3.63) is 11.7 Å². The largest absolute Gasteiger partial charge is 0.338 e. The molecule has 1 saturated heterocycles. The Bertz CT molecular complexity index is 400. The minimum absolute atomic E-state index is 0.600. The van der Waals surface area contributed by atoms with E-state index in [1.807, 2.05) is 6.92 Å². The van der Waals surface area contributed by atoms with E-state index in [1.54, 1.807) is 0 Å². The number of hydrogen-bond donors (Lipinski definition) is 2. The summed E-state index contributed by atoms with van der Waals surface area (Å²) in [6.45, 7) is 3.75. The number of rotatable bonds is 4. The quantitative estimate of drug-likeness (QED) is 0.868. The van der Waals surface area contributed by atoms with Gasteiger partial charge in [-0.25, -0.2) is 0 Å². The Kier molecular flexibility index (Phi) is 4.13. The second-order valence-electron chi connectivity index (χ2n) is 5.87. The molecule has 1 aliphatic carbocycles. The number of aryl methyl sites for hydroxylation is 1. The van der Waals surface area contributed by atoms with E-state index in [1.165, 1.54) is 45.1 Å². The van der Waals surface area contributed by atoms with Crippen LogP contribution in [0.5, 0.6) is 0 Å². The van der Waals surface area contributed by atoms with Gasteiger partial charge in [-0.3, -0.25) is 0 Å². The summed E-state index contributed by atoms with van der Waals surface area (Å²) in [5.74, 6) is 2.19. The summed E-state index contributed by atoms with van der Waals surface area (Å²) in [5, 5.41) is 11.2. The summed E-state index contributed by atoms with van der Waals surface area (Å²) in [6.07, 6.45) is 8.01. The van der Waals surface area contributed by atoms with Gasteiger partial charge in [-0.2, -0.15) is 4.98 Å². The van der Waals surface area contributed by atoms with E-state index in [9.17, 15) is 0 Å². The van der Waals surface area contributed by atoms with Crippen LogP contribution in [0.4, 0.5) is 0 Å². The highest BCUT2D eigenvalue weighted by molar-refractivity contribution is 4.93. The van der Waals surface area contributed by atoms with E-state index < -0.39 is 0 Å². The predicted molar refractivity (Wildman–Crippen MR) is 72.6 cm³/mol. The molecule has 3 rings (SSSR count). The summed E-state index contributed by atoms with van der Waals surface area (Å²) >= 11 is 0. The highest BCUT2D eigenvalue weighted by Crippen LogP contribution is 2.31. The third kappa shape index (κ3) is 3.15. The molecule has 3 unspecified atom stereocenters. The fourth-order valence-electron chi connectivity index (χ4n) is 3.60. The van der Waals surface area contributed by atoms with Crippen molar-refractivity contribution in [3.63, 3.8) is 0 Å². The lowest BCUT2D eigenvalue weighted by molar-refractivity contribution is 0.250. The number of nitrogens with one attached hydrogen (secondary N) is 2. The molecule has 0 amide bonds. The zero-order chi connectivity index (χ0) is 13.1. The fraction of sp³-hybridized carbons (Fsp3) is 0.857. The molecule has 0 spiro atoms. The molecule has 2 fully saturated rings. The molecular formula is C14H24N4O. The maximum absolute atomic E-state index is 5.17. The van der Waals surface area contributed by atoms with Gasteiger partial charge in [0, 0.05) is 12.1 Å². The maximum Gasteiger partial charge on any atom is 0.240 e. The first kappa shape index (κ1) is 13.1. The third-order valence-electron chi connectivity index (χ3n) is 4.52. The molecule has 0 radical (unpaired) electrons. The van der Waals surface area contributed by atoms with Gasteiger partial charge in [-0.05, 0) is 45.1 Å². The van der Waals surface area contributed by atoms with Gasteiger partial charge >= 0.3 is 0 Å². The Labute approximate surface area is 114 Å². The van der Waals surface area contributed by atoms with E-state index >= 15 is 0 Å². The van der Waals surface area contributed by atoms with E-state index in [0.717, 1.165) is 5.92 Å². The van der Waals surface area contributed by atoms with Gasteiger partial charge in [0.25, 0.3) is 0 Å². The third-order valence-corrected chi connectivity index (χ3v) is 4.52. The van der Waals surface area contributed by atoms with Crippen molar-refractivity contribution in [2.75, 3.05) is 6.54 Å². The van der Waals surface area contributed by atoms with Crippen LogP contribution in [0.25, 0.3) is 0 Å². The first-order chi connectivity index (χ1) is 9.33. The van der Waals surface area contributed by atoms with Gasteiger partial charge in [0.15, 0.2) is 5.82 Å². The normalized spacial score (nSPS) is 31.7. The van der Waals surface area contributed by atoms with Gasteiger partial charge in [-0.15, -0.1) is 0 Å². The second-order valence-corrected chi connectivity index (χ2v) is 5.87. The lowest BCUT2D eigenvalue weighted by atomic mass is 9.88. The molecule has 5 nitrogen and oxygen atoms in total. The van der Waals surface area contributed by atoms with Crippen molar-refractivity contribution >= 4 is 0 Å². The first-order valence-corrected chi connectivity index (χ1v) is 7.59. The molecule has 2 aliphatic rings. The Morgan fingerprint density at radius 2 is 2.21 bits per heavy atom. The number of nitrogens with zero attached hydrogens (tertiary/aromatic N) is 2. The molecule has 1 aromatic rings. The summed E-state index contributed by atoms with van der Waals surface area (Å²) in [7, 11) is 0. The first-order valence-electron chi connectivity index (χ1n) is 7.59. The van der Waals surface area contributed by atoms with Crippen molar-refractivity contribution in [2.24, 2.45) is 5.92 Å². The van der Waals surface area contributed by atoms with Crippen LogP contribution in [-0.4, -0.2) is 28.8 Å². The minimum atomic E-state index is 0.600. The Morgan fingerprint density at radius 3 is 2.95 bits per heavy atom. The molecular weight excluding hydrogens is 240 g/mol. The number of hydrogen-bond acceptors (Lipinski definition) is 5. The molecule has 2 N–H and O–H groups in total. The molecule has 1 aliphatic heterocycles. The SMILES string of the molecule is Cc1noc(CNC2CCCC2C2CCCCN2)n1. The van der Waals surface area contributed by atoms with Gasteiger partial charge < -0.3 is 15.2 Å². The summed E-state index contributed by atoms with van der Waals surface area (Å²) in [5.41, 5.74) is 0. The predicted octanol–water partition coefficient (Wildman–Crippen LogP) is 1.78. The van der Waals surface area contributed by atoms with Crippen LogP contribution >= 0.6 is 0 Å². The minimum Gasteiger partial charge on any atom is -0.338 e. The van der Waals surface area contributed by atoms with Crippen LogP contribution in [0.1, 0.15) is 50.2 Å². The Morgan fingerprint density at radius 1 is 1.26 bits per heavy atom. The van der Waals surface area contributed by atoms with Gasteiger partial charge in [0.2, 0.25) is 5.89 Å². The van der Waals surface area contributed by atoms with Crippen molar-refractivity contribution in [3.8, 4) is 0 Å². The van der Waals surface area contributed by atoms with Crippen LogP contribution < -0.4 is 10.6 Å². The smallest absolute Gasteiger partial charge is 0.240 e. The Balaban J connectivity index is 1.54. The zero-order valence-corrected chi connectivity index (χ0v) is 11.7. The molecule has 3 atom stereocenters. The fourth-order valence-corrected chi connectivity index (χ4v) is 3.60. The van der Waals surface area contributed by atoms with Gasteiger partial charge in [0.1, 0.15) is 0 Å². The lowest BCUT2D eigenvalue weighted by Gasteiger charge is -2.33. The highest BCUT2D eigenvalue weighted by atomic mass is 16.5. The summed E-state index contributed by atoms with van der Waals surface area (Å²) < 4.78 is 5.17. The van der Waals surface area contributed by atoms with Crippen LogP contribution in [-0.2, 0) is 6.54 Å². The molecule has 19 heavy (non-hydrogen) atoms. The summed E-state index contributed by atoms with van der Waals surface area (Å²) in [6, 6.07) is 1.31. The Hall–Kier alpha value is -0.940. The molecule has 0 aromatic carbocycles. The second kappa shape index (κ2) is 6.01. The van der Waals surface area contributed by atoms with E-state index in [2.05, 4.69) is 20.8 Å². The van der Waals surface area contributed by atoms with Crippen molar-refractivity contribution in [1.82, 2.24) is 20.8 Å². The topological polar surface area (TPSA) is 63.0 Å². The van der Waals surface area contributed by atoms with Crippen molar-refractivity contribution in [1.29, 1.82) is 0 Å². The van der Waals surface area contributed by atoms with Gasteiger partial charge in [0.05, 0.1) is 6.54 Å². The zero-order valence-electron chi connectivity index (χ0n) is 11.7. The molecule has 1 saturated carbocycles. The maximum atomic E-state index is 5.17. The van der Waals surface area contributed by atoms with Crippen LogP contribution in [0.3, 0.4) is 0 Å². The molecule has 106 valence electrons. The monoisotopic (exact) mass is 264 g/mol. The highest BCUT2D eigenvalue weighted by Gasteiger charge is 2.33. The molecule has 2 heterocycles.